The molecule has 0 aromatic carbocycles. The summed E-state index contributed by atoms with van der Waals surface area (Å²) in [4.78, 5) is 72.6. The van der Waals surface area contributed by atoms with Crippen LogP contribution < -0.4 is 0 Å². The average molecular weight is 1330 g/mol. The Hall–Kier alpha value is -1.94. The molecule has 0 aliphatic rings. The van der Waals surface area contributed by atoms with E-state index in [9.17, 15) is 43.2 Å². The van der Waals surface area contributed by atoms with Gasteiger partial charge < -0.3 is 33.8 Å². The lowest BCUT2D eigenvalue weighted by molar-refractivity contribution is -0.161. The molecule has 6 atom stereocenters. The molecule has 0 spiro atoms. The molecule has 4 unspecified atom stereocenters. The number of aliphatic hydroxyl groups excluding tert-OH is 1. The van der Waals surface area contributed by atoms with E-state index in [0.717, 1.165) is 114 Å². The summed E-state index contributed by atoms with van der Waals surface area (Å²) >= 11 is 0. The average Bonchev–Trinajstić information content (AvgIpc) is 3.68. The fourth-order valence-corrected chi connectivity index (χ4v) is 12.2. The first-order valence-electron chi connectivity index (χ1n) is 36.7. The first-order chi connectivity index (χ1) is 43.1. The molecule has 0 aromatic heterocycles. The van der Waals surface area contributed by atoms with Gasteiger partial charge in [0, 0.05) is 25.7 Å². The second-order valence-corrected chi connectivity index (χ2v) is 30.2. The molecule has 0 saturated carbocycles. The fourth-order valence-electron chi connectivity index (χ4n) is 10.6. The van der Waals surface area contributed by atoms with E-state index in [1.165, 1.54) is 154 Å². The largest absolute Gasteiger partial charge is 0.472 e. The number of hydrogen-bond donors (Lipinski definition) is 3. The van der Waals surface area contributed by atoms with Gasteiger partial charge in [0.2, 0.25) is 0 Å². The van der Waals surface area contributed by atoms with E-state index >= 15 is 0 Å². The van der Waals surface area contributed by atoms with Crippen LogP contribution in [0.4, 0.5) is 0 Å². The van der Waals surface area contributed by atoms with Gasteiger partial charge in [0.1, 0.15) is 19.3 Å². The van der Waals surface area contributed by atoms with Gasteiger partial charge in [-0.1, -0.05) is 299 Å². The Bertz CT molecular complexity index is 1780. The van der Waals surface area contributed by atoms with Crippen molar-refractivity contribution < 1.29 is 80.2 Å². The van der Waals surface area contributed by atoms with E-state index in [1.807, 2.05) is 0 Å². The minimum Gasteiger partial charge on any atom is -0.462 e. The van der Waals surface area contributed by atoms with Crippen LogP contribution in [0, 0.1) is 23.7 Å². The molecule has 534 valence electrons. The van der Waals surface area contributed by atoms with E-state index in [4.69, 9.17) is 37.0 Å². The Morgan fingerprint density at radius 3 is 0.789 bits per heavy atom. The summed E-state index contributed by atoms with van der Waals surface area (Å²) in [7, 11) is -9.90. The molecule has 90 heavy (non-hydrogen) atoms. The summed E-state index contributed by atoms with van der Waals surface area (Å²) < 4.78 is 68.3. The van der Waals surface area contributed by atoms with Crippen molar-refractivity contribution in [3.05, 3.63) is 0 Å². The highest BCUT2D eigenvalue weighted by Crippen LogP contribution is 2.45. The molecule has 0 fully saturated rings. The van der Waals surface area contributed by atoms with Crippen molar-refractivity contribution in [2.75, 3.05) is 39.6 Å². The first kappa shape index (κ1) is 88.1. The van der Waals surface area contributed by atoms with Crippen molar-refractivity contribution in [2.45, 2.75) is 369 Å². The summed E-state index contributed by atoms with van der Waals surface area (Å²) in [6, 6.07) is 0. The van der Waals surface area contributed by atoms with Crippen LogP contribution >= 0.6 is 15.6 Å². The predicted molar refractivity (Wildman–Crippen MR) is 363 cm³/mol. The zero-order valence-corrected chi connectivity index (χ0v) is 60.6. The molecule has 17 nitrogen and oxygen atoms in total. The Morgan fingerprint density at radius 2 is 0.533 bits per heavy atom. The fraction of sp³-hybridized carbons (Fsp3) is 0.944. The molecule has 0 aromatic rings. The molecule has 3 N–H and O–H groups in total. The van der Waals surface area contributed by atoms with Gasteiger partial charge in [-0.25, -0.2) is 9.13 Å². The van der Waals surface area contributed by atoms with E-state index in [1.54, 1.807) is 0 Å². The zero-order valence-electron chi connectivity index (χ0n) is 58.8. The predicted octanol–water partition coefficient (Wildman–Crippen LogP) is 20.1. The van der Waals surface area contributed by atoms with Crippen LogP contribution in [0.2, 0.25) is 0 Å². The zero-order chi connectivity index (χ0) is 66.8. The number of unbranched alkanes of at least 4 members (excludes halogenated alkanes) is 33. The molecule has 19 heteroatoms. The Labute approximate surface area is 549 Å². The van der Waals surface area contributed by atoms with Gasteiger partial charge >= 0.3 is 39.5 Å². The number of carbonyl (C=O) groups excluding carboxylic acids is 4. The van der Waals surface area contributed by atoms with Gasteiger partial charge in [0.05, 0.1) is 26.4 Å². The topological polar surface area (TPSA) is 237 Å². The number of phosphoric acid groups is 2. The molecule has 0 amide bonds. The van der Waals surface area contributed by atoms with Crippen molar-refractivity contribution in [3.63, 3.8) is 0 Å². The van der Waals surface area contributed by atoms with E-state index in [0.29, 0.717) is 25.7 Å². The van der Waals surface area contributed by atoms with E-state index in [-0.39, 0.29) is 25.7 Å². The SMILES string of the molecule is CCC(C)CCCCCCCCCCCCC(=O)OC[C@H](COP(=O)(O)OCC(O)COP(=O)(O)OC[C@@H](COC(=O)CCCCCCCCCCC(C)C)OC(=O)CCCCCCCCCCCCC(C)C)OC(=O)CCCCCCCCCCCC(C)C. The summed E-state index contributed by atoms with van der Waals surface area (Å²) in [5, 5.41) is 10.6. The lowest BCUT2D eigenvalue weighted by Crippen LogP contribution is -2.30. The second-order valence-electron chi connectivity index (χ2n) is 27.3. The Morgan fingerprint density at radius 1 is 0.311 bits per heavy atom. The maximum absolute atomic E-state index is 13.0. The van der Waals surface area contributed by atoms with Gasteiger partial charge in [-0.15, -0.1) is 0 Å². The third kappa shape index (κ3) is 63.5. The quantitative estimate of drug-likeness (QED) is 0.0222. The van der Waals surface area contributed by atoms with Crippen molar-refractivity contribution in [2.24, 2.45) is 23.7 Å². The number of aliphatic hydroxyl groups is 1. The number of esters is 4. The van der Waals surface area contributed by atoms with Crippen LogP contribution in [0.15, 0.2) is 0 Å². The molecular formula is C71H138O17P2. The number of phosphoric ester groups is 2. The molecule has 0 radical (unpaired) electrons. The minimum atomic E-state index is -4.95. The van der Waals surface area contributed by atoms with Crippen molar-refractivity contribution in [3.8, 4) is 0 Å². The molecule has 0 aliphatic heterocycles. The van der Waals surface area contributed by atoms with Gasteiger partial charge in [-0.3, -0.25) is 37.3 Å². The highest BCUT2D eigenvalue weighted by Gasteiger charge is 2.30. The Balaban J connectivity index is 5.27. The summed E-state index contributed by atoms with van der Waals surface area (Å²) in [6.07, 6.45) is 43.0. The number of hydrogen-bond acceptors (Lipinski definition) is 15. The number of ether oxygens (including phenoxy) is 4. The number of rotatable bonds is 68. The maximum Gasteiger partial charge on any atom is 0.472 e. The standard InChI is InChI=1S/C71H138O17P2/c1-9-64(8)50-42-34-26-17-11-13-18-27-35-43-51-68(73)81-57-66(88-71(76)54-46-38-30-20-14-16-24-32-40-48-62(4)5)59-85-89(77,78)83-55-65(72)56-84-90(79,80)86-60-67(58-82-69(74)52-44-36-28-22-21-25-33-41-49-63(6)7)87-70(75)53-45-37-29-19-12-10-15-23-31-39-47-61(2)3/h61-67,72H,9-60H2,1-8H3,(H,77,78)(H,79,80)/t64?,65?,66-,67-/m1/s1. The summed E-state index contributed by atoms with van der Waals surface area (Å²) in [5.41, 5.74) is 0. The normalized spacial score (nSPS) is 14.6. The Kier molecular flexibility index (Phi) is 59.4. The molecule has 0 rings (SSSR count). The second kappa shape index (κ2) is 60.7. The van der Waals surface area contributed by atoms with Gasteiger partial charge in [0.15, 0.2) is 12.2 Å². The molecular weight excluding hydrogens is 1190 g/mol. The highest BCUT2D eigenvalue weighted by molar-refractivity contribution is 7.47. The van der Waals surface area contributed by atoms with Gasteiger partial charge in [-0.2, -0.15) is 0 Å². The highest BCUT2D eigenvalue weighted by atomic mass is 31.2. The maximum atomic E-state index is 13.0. The molecule has 0 heterocycles. The lowest BCUT2D eigenvalue weighted by Gasteiger charge is -2.21. The van der Waals surface area contributed by atoms with Crippen LogP contribution in [0.3, 0.4) is 0 Å². The smallest absolute Gasteiger partial charge is 0.462 e. The minimum absolute atomic E-state index is 0.105. The van der Waals surface area contributed by atoms with Crippen LogP contribution in [0.25, 0.3) is 0 Å². The molecule has 0 saturated heterocycles. The van der Waals surface area contributed by atoms with E-state index in [2.05, 4.69) is 55.4 Å². The third-order valence-corrected chi connectivity index (χ3v) is 18.6. The summed E-state index contributed by atoms with van der Waals surface area (Å²) in [5.74, 6) is 0.896. The van der Waals surface area contributed by atoms with Gasteiger partial charge in [-0.05, 0) is 49.4 Å². The monoisotopic (exact) mass is 1320 g/mol. The van der Waals surface area contributed by atoms with Crippen molar-refractivity contribution in [1.82, 2.24) is 0 Å². The van der Waals surface area contributed by atoms with Gasteiger partial charge in [0.25, 0.3) is 0 Å². The third-order valence-electron chi connectivity index (χ3n) is 16.7. The molecule has 0 aliphatic carbocycles. The van der Waals surface area contributed by atoms with Crippen LogP contribution in [-0.2, 0) is 65.4 Å². The van der Waals surface area contributed by atoms with Crippen LogP contribution in [0.5, 0.6) is 0 Å². The summed E-state index contributed by atoms with van der Waals surface area (Å²) in [6.45, 7) is 14.1. The number of carbonyl (C=O) groups is 4. The van der Waals surface area contributed by atoms with Crippen molar-refractivity contribution >= 4 is 39.5 Å². The van der Waals surface area contributed by atoms with Crippen molar-refractivity contribution in [1.29, 1.82) is 0 Å². The first-order valence-corrected chi connectivity index (χ1v) is 39.7. The lowest BCUT2D eigenvalue weighted by atomic mass is 9.99. The molecule has 0 bridgehead atoms. The van der Waals surface area contributed by atoms with Crippen LogP contribution in [-0.4, -0.2) is 96.7 Å². The van der Waals surface area contributed by atoms with E-state index < -0.39 is 97.5 Å². The van der Waals surface area contributed by atoms with Crippen LogP contribution in [0.1, 0.15) is 351 Å².